The van der Waals surface area contributed by atoms with E-state index in [-0.39, 0.29) is 25.4 Å². The summed E-state index contributed by atoms with van der Waals surface area (Å²) < 4.78 is 17.4. The Labute approximate surface area is 204 Å². The van der Waals surface area contributed by atoms with Crippen LogP contribution in [0.5, 0.6) is 0 Å². The van der Waals surface area contributed by atoms with Crippen LogP contribution < -0.4 is 0 Å². The predicted molar refractivity (Wildman–Crippen MR) is 127 cm³/mol. The fraction of sp³-hybridized carbons (Fsp3) is 0.444. The first-order chi connectivity index (χ1) is 16.8. The molecule has 4 atom stereocenters. The Morgan fingerprint density at radius 2 is 1.57 bits per heavy atom. The summed E-state index contributed by atoms with van der Waals surface area (Å²) in [6, 6.07) is 14.1. The number of aliphatic hydroxyl groups is 1. The minimum Gasteiger partial charge on any atom is -0.459 e. The minimum atomic E-state index is -0.732. The average molecular weight is 482 g/mol. The van der Waals surface area contributed by atoms with Crippen molar-refractivity contribution in [1.29, 1.82) is 0 Å². The first-order valence-electron chi connectivity index (χ1n) is 11.9. The Morgan fingerprint density at radius 1 is 0.971 bits per heavy atom. The number of benzene rings is 2. The van der Waals surface area contributed by atoms with Crippen LogP contribution in [0.15, 0.2) is 48.5 Å². The highest BCUT2D eigenvalue weighted by atomic mass is 16.6. The van der Waals surface area contributed by atoms with Crippen molar-refractivity contribution in [3.8, 4) is 0 Å². The van der Waals surface area contributed by atoms with E-state index in [4.69, 9.17) is 14.2 Å². The first-order valence-corrected chi connectivity index (χ1v) is 11.9. The van der Waals surface area contributed by atoms with Gasteiger partial charge in [0.05, 0.1) is 17.2 Å². The maximum atomic E-state index is 12.8. The van der Waals surface area contributed by atoms with Gasteiger partial charge in [-0.25, -0.2) is 9.59 Å². The van der Waals surface area contributed by atoms with Crippen molar-refractivity contribution in [3.63, 3.8) is 0 Å². The lowest BCUT2D eigenvalue weighted by Gasteiger charge is -2.27. The van der Waals surface area contributed by atoms with Crippen LogP contribution in [0, 0.1) is 13.8 Å². The van der Waals surface area contributed by atoms with Crippen LogP contribution in [0.2, 0.25) is 0 Å². The molecule has 2 aliphatic rings. The number of nitrogens with zero attached hydrogens (tertiary/aromatic N) is 1. The molecule has 0 spiro atoms. The molecule has 0 unspecified atom stereocenters. The van der Waals surface area contributed by atoms with Crippen LogP contribution >= 0.6 is 0 Å². The Hall–Kier alpha value is -3.23. The molecular formula is C27H31NO7. The number of carbonyl (C=O) groups excluding carboxylic acids is 3. The number of hydrogen-bond acceptors (Lipinski definition) is 7. The van der Waals surface area contributed by atoms with E-state index in [0.717, 1.165) is 11.1 Å². The molecule has 1 amide bonds. The van der Waals surface area contributed by atoms with E-state index >= 15 is 0 Å². The maximum absolute atomic E-state index is 12.8. The number of esters is 2. The largest absolute Gasteiger partial charge is 0.459 e. The SMILES string of the molecule is Cc1ccc(C(=O)OC[C@H]2O[C@@H](N3CC[C@H](O)CCC3=O)C[C@@H]2OC(=O)c2ccc(C)cc2)cc1. The van der Waals surface area contributed by atoms with Crippen molar-refractivity contribution in [2.24, 2.45) is 0 Å². The van der Waals surface area contributed by atoms with Crippen molar-refractivity contribution in [3.05, 3.63) is 70.8 Å². The van der Waals surface area contributed by atoms with E-state index in [1.54, 1.807) is 29.2 Å². The number of aliphatic hydroxyl groups excluding tert-OH is 1. The van der Waals surface area contributed by atoms with Gasteiger partial charge < -0.3 is 24.2 Å². The Morgan fingerprint density at radius 3 is 2.20 bits per heavy atom. The van der Waals surface area contributed by atoms with Gasteiger partial charge in [-0.05, 0) is 51.0 Å². The average Bonchev–Trinajstić information content (AvgIpc) is 3.15. The van der Waals surface area contributed by atoms with Gasteiger partial charge in [0.1, 0.15) is 25.0 Å². The van der Waals surface area contributed by atoms with Crippen molar-refractivity contribution in [2.75, 3.05) is 13.2 Å². The third kappa shape index (κ3) is 6.26. The summed E-state index contributed by atoms with van der Waals surface area (Å²) in [6.07, 6.45) is -1.27. The van der Waals surface area contributed by atoms with Crippen LogP contribution in [-0.2, 0) is 19.0 Å². The molecule has 2 saturated heterocycles. The Balaban J connectivity index is 1.46. The predicted octanol–water partition coefficient (Wildman–Crippen LogP) is 3.17. The molecule has 0 aliphatic carbocycles. The van der Waals surface area contributed by atoms with Gasteiger partial charge in [0.15, 0.2) is 0 Å². The maximum Gasteiger partial charge on any atom is 0.338 e. The number of carbonyl (C=O) groups is 3. The van der Waals surface area contributed by atoms with Crippen molar-refractivity contribution < 1.29 is 33.7 Å². The Kier molecular flexibility index (Phi) is 7.83. The molecule has 8 heteroatoms. The molecule has 2 aliphatic heterocycles. The molecule has 2 aromatic rings. The van der Waals surface area contributed by atoms with Crippen LogP contribution in [0.3, 0.4) is 0 Å². The van der Waals surface area contributed by atoms with Crippen molar-refractivity contribution >= 4 is 17.8 Å². The van der Waals surface area contributed by atoms with Gasteiger partial charge in [-0.1, -0.05) is 35.4 Å². The monoisotopic (exact) mass is 481 g/mol. The van der Waals surface area contributed by atoms with Crippen molar-refractivity contribution in [2.45, 2.75) is 64.1 Å². The summed E-state index contributed by atoms with van der Waals surface area (Å²) in [6.45, 7) is 4.08. The zero-order chi connectivity index (χ0) is 24.9. The van der Waals surface area contributed by atoms with Gasteiger partial charge in [-0.3, -0.25) is 4.79 Å². The van der Waals surface area contributed by atoms with E-state index < -0.39 is 36.5 Å². The summed E-state index contributed by atoms with van der Waals surface area (Å²) in [5, 5.41) is 9.96. The van der Waals surface area contributed by atoms with Gasteiger partial charge in [-0.2, -0.15) is 0 Å². The molecule has 1 N–H and O–H groups in total. The summed E-state index contributed by atoms with van der Waals surface area (Å²) in [5.41, 5.74) is 2.87. The first kappa shape index (κ1) is 24.9. The molecular weight excluding hydrogens is 450 g/mol. The second-order valence-electron chi connectivity index (χ2n) is 9.21. The zero-order valence-electron chi connectivity index (χ0n) is 20.0. The van der Waals surface area contributed by atoms with Crippen LogP contribution in [0.25, 0.3) is 0 Å². The van der Waals surface area contributed by atoms with E-state index in [2.05, 4.69) is 0 Å². The molecule has 35 heavy (non-hydrogen) atoms. The molecule has 0 radical (unpaired) electrons. The fourth-order valence-corrected chi connectivity index (χ4v) is 4.29. The molecule has 2 aromatic carbocycles. The van der Waals surface area contributed by atoms with Gasteiger partial charge >= 0.3 is 11.9 Å². The standard InChI is InChI=1S/C27H31NO7/c1-17-3-7-19(8-4-17)26(31)33-16-23-22(35-27(32)20-9-5-18(2)6-10-20)15-25(34-23)28-14-13-21(29)11-12-24(28)30/h3-10,21-23,25,29H,11-16H2,1-2H3/t21-,22+,23-,25-/m1/s1. The highest BCUT2D eigenvalue weighted by molar-refractivity contribution is 5.90. The van der Waals surface area contributed by atoms with E-state index in [9.17, 15) is 19.5 Å². The second kappa shape index (κ2) is 11.0. The van der Waals surface area contributed by atoms with Crippen LogP contribution in [-0.4, -0.2) is 65.5 Å². The smallest absolute Gasteiger partial charge is 0.338 e. The molecule has 0 saturated carbocycles. The number of amides is 1. The van der Waals surface area contributed by atoms with Crippen LogP contribution in [0.1, 0.15) is 57.5 Å². The van der Waals surface area contributed by atoms with Crippen molar-refractivity contribution in [1.82, 2.24) is 4.90 Å². The highest BCUT2D eigenvalue weighted by Gasteiger charge is 2.43. The molecule has 4 rings (SSSR count). The van der Waals surface area contributed by atoms with Gasteiger partial charge in [0.2, 0.25) is 5.91 Å². The summed E-state index contributed by atoms with van der Waals surface area (Å²) in [5.74, 6) is -1.13. The van der Waals surface area contributed by atoms with E-state index in [1.165, 1.54) is 0 Å². The van der Waals surface area contributed by atoms with Crippen LogP contribution in [0.4, 0.5) is 0 Å². The number of rotatable bonds is 6. The number of aryl methyl sites for hydroxylation is 2. The molecule has 0 aromatic heterocycles. The number of hydrogen-bond donors (Lipinski definition) is 1. The third-order valence-electron chi connectivity index (χ3n) is 6.45. The summed E-state index contributed by atoms with van der Waals surface area (Å²) >= 11 is 0. The molecule has 0 bridgehead atoms. The Bertz CT molecular complexity index is 1050. The summed E-state index contributed by atoms with van der Waals surface area (Å²) in [7, 11) is 0. The molecule has 2 fully saturated rings. The summed E-state index contributed by atoms with van der Waals surface area (Å²) in [4.78, 5) is 39.6. The lowest BCUT2D eigenvalue weighted by molar-refractivity contribution is -0.146. The zero-order valence-corrected chi connectivity index (χ0v) is 20.0. The second-order valence-corrected chi connectivity index (χ2v) is 9.21. The lowest BCUT2D eigenvalue weighted by Crippen LogP contribution is -2.40. The topological polar surface area (TPSA) is 102 Å². The normalized spacial score (nSPS) is 24.7. The molecule has 8 nitrogen and oxygen atoms in total. The van der Waals surface area contributed by atoms with E-state index in [1.807, 2.05) is 38.1 Å². The quantitative estimate of drug-likeness (QED) is 0.632. The minimum absolute atomic E-state index is 0.118. The van der Waals surface area contributed by atoms with E-state index in [0.29, 0.717) is 30.5 Å². The molecule has 186 valence electrons. The lowest BCUT2D eigenvalue weighted by atomic mass is 10.1. The molecule has 2 heterocycles. The third-order valence-corrected chi connectivity index (χ3v) is 6.45. The highest BCUT2D eigenvalue weighted by Crippen LogP contribution is 2.29. The fourth-order valence-electron chi connectivity index (χ4n) is 4.29. The number of likely N-dealkylation sites (tertiary alicyclic amines) is 1. The van der Waals surface area contributed by atoms with Gasteiger partial charge in [0.25, 0.3) is 0 Å². The number of ether oxygens (including phenoxy) is 3. The van der Waals surface area contributed by atoms with Gasteiger partial charge in [-0.15, -0.1) is 0 Å². The van der Waals surface area contributed by atoms with Gasteiger partial charge in [0, 0.05) is 19.4 Å².